The van der Waals surface area contributed by atoms with Crippen LogP contribution in [0.25, 0.3) is 11.3 Å². The highest BCUT2D eigenvalue weighted by molar-refractivity contribution is 7.73. The molecule has 17 heavy (non-hydrogen) atoms. The molecule has 2 heterocycles. The molecule has 0 radical (unpaired) electrons. The minimum Gasteiger partial charge on any atom is -0.368 e. The molecule has 3 nitrogen and oxygen atoms in total. The first kappa shape index (κ1) is 10.7. The van der Waals surface area contributed by atoms with Crippen molar-refractivity contribution in [1.82, 2.24) is 10.3 Å². The molecule has 5 heteroatoms. The highest BCUT2D eigenvalue weighted by Gasteiger charge is 2.07. The number of H-pyrrole nitrogens is 1. The molecule has 3 rings (SSSR count). The Bertz CT molecular complexity index is 607. The molecule has 0 saturated carbocycles. The molecule has 2 aromatic rings. The third-order valence-corrected chi connectivity index (χ3v) is 3.72. The first-order valence-electron chi connectivity index (χ1n) is 5.40. The van der Waals surface area contributed by atoms with Crippen molar-refractivity contribution < 1.29 is 0 Å². The number of rotatable bonds is 2. The van der Waals surface area contributed by atoms with Crippen LogP contribution in [0.5, 0.6) is 0 Å². The van der Waals surface area contributed by atoms with Crippen LogP contribution in [-0.4, -0.2) is 23.9 Å². The van der Waals surface area contributed by atoms with Gasteiger partial charge in [-0.3, -0.25) is 4.99 Å². The summed E-state index contributed by atoms with van der Waals surface area (Å²) in [6.45, 7) is 1.81. The van der Waals surface area contributed by atoms with Crippen LogP contribution in [0.3, 0.4) is 0 Å². The fraction of sp³-hybridized carbons (Fsp3) is 0.167. The van der Waals surface area contributed by atoms with Crippen LogP contribution in [0.4, 0.5) is 0 Å². The molecule has 0 aliphatic carbocycles. The molecule has 0 atom stereocenters. The van der Waals surface area contributed by atoms with Crippen molar-refractivity contribution in [2.24, 2.45) is 4.99 Å². The van der Waals surface area contributed by atoms with E-state index in [0.717, 1.165) is 39.7 Å². The average molecular weight is 261 g/mol. The molecule has 0 unspecified atom stereocenters. The Morgan fingerprint density at radius 2 is 1.94 bits per heavy atom. The van der Waals surface area contributed by atoms with Crippen molar-refractivity contribution in [2.45, 2.75) is 0 Å². The second-order valence-electron chi connectivity index (χ2n) is 3.80. The monoisotopic (exact) mass is 261 g/mol. The zero-order chi connectivity index (χ0) is 11.7. The Morgan fingerprint density at radius 1 is 1.18 bits per heavy atom. The van der Waals surface area contributed by atoms with Gasteiger partial charge in [-0.05, 0) is 17.8 Å². The fourth-order valence-corrected chi connectivity index (χ4v) is 2.66. The van der Waals surface area contributed by atoms with Gasteiger partial charge in [0.2, 0.25) is 0 Å². The van der Waals surface area contributed by atoms with Gasteiger partial charge in [-0.1, -0.05) is 24.3 Å². The normalized spacial score (nSPS) is 14.5. The maximum atomic E-state index is 5.08. The zero-order valence-corrected chi connectivity index (χ0v) is 10.7. The predicted molar refractivity (Wildman–Crippen MR) is 74.3 cm³/mol. The van der Waals surface area contributed by atoms with Crippen LogP contribution >= 0.6 is 23.6 Å². The summed E-state index contributed by atoms with van der Waals surface area (Å²) in [6, 6.07) is 8.35. The Labute approximate surface area is 108 Å². The van der Waals surface area contributed by atoms with Crippen LogP contribution in [-0.2, 0) is 0 Å². The summed E-state index contributed by atoms with van der Waals surface area (Å²) in [5.74, 6) is 0.995. The van der Waals surface area contributed by atoms with E-state index in [1.54, 1.807) is 11.3 Å². The molecule has 1 aliphatic heterocycles. The molecule has 2 N–H and O–H groups in total. The smallest absolute Gasteiger partial charge is 0.158 e. The van der Waals surface area contributed by atoms with Gasteiger partial charge in [0.05, 0.1) is 12.2 Å². The Balaban J connectivity index is 1.92. The number of benzene rings is 1. The SMILES string of the molecule is S=c1[nH]c(-c2ccc(C3=NCCN3)cc2)cs1. The molecule has 0 saturated heterocycles. The Hall–Kier alpha value is -1.46. The van der Waals surface area contributed by atoms with Gasteiger partial charge in [-0.25, -0.2) is 0 Å². The van der Waals surface area contributed by atoms with Gasteiger partial charge in [0.25, 0.3) is 0 Å². The number of aliphatic imine (C=N–C) groups is 1. The second kappa shape index (κ2) is 4.43. The van der Waals surface area contributed by atoms with Crippen LogP contribution in [0.2, 0.25) is 0 Å². The number of hydrogen-bond donors (Lipinski definition) is 2. The maximum Gasteiger partial charge on any atom is 0.158 e. The molecular weight excluding hydrogens is 250 g/mol. The number of nitrogens with zero attached hydrogens (tertiary/aromatic N) is 1. The van der Waals surface area contributed by atoms with E-state index in [1.807, 2.05) is 5.38 Å². The largest absolute Gasteiger partial charge is 0.368 e. The standard InChI is InChI=1S/C12H11N3S2/c16-12-15-10(7-17-12)8-1-3-9(4-2-8)11-13-5-6-14-11/h1-4,7H,5-6H2,(H,13,14)(H,15,16). The highest BCUT2D eigenvalue weighted by Crippen LogP contribution is 2.20. The lowest BCUT2D eigenvalue weighted by Gasteiger charge is -2.03. The van der Waals surface area contributed by atoms with Gasteiger partial charge in [0, 0.05) is 17.5 Å². The molecule has 1 aromatic carbocycles. The summed E-state index contributed by atoms with van der Waals surface area (Å²) in [7, 11) is 0. The number of nitrogens with one attached hydrogen (secondary N) is 2. The molecule has 1 aliphatic rings. The van der Waals surface area contributed by atoms with Crippen molar-refractivity contribution in [2.75, 3.05) is 13.1 Å². The van der Waals surface area contributed by atoms with Crippen molar-refractivity contribution in [3.8, 4) is 11.3 Å². The summed E-state index contributed by atoms with van der Waals surface area (Å²) in [5.41, 5.74) is 3.37. The molecule has 0 bridgehead atoms. The molecule has 1 aromatic heterocycles. The number of thiazole rings is 1. The van der Waals surface area contributed by atoms with Crippen molar-refractivity contribution >= 4 is 29.4 Å². The summed E-state index contributed by atoms with van der Waals surface area (Å²) >= 11 is 6.63. The average Bonchev–Trinajstić information content (AvgIpc) is 3.00. The van der Waals surface area contributed by atoms with Crippen LogP contribution in [0, 0.1) is 3.95 Å². The summed E-state index contributed by atoms with van der Waals surface area (Å²) in [4.78, 5) is 7.56. The highest BCUT2D eigenvalue weighted by atomic mass is 32.1. The van der Waals surface area contributed by atoms with E-state index in [4.69, 9.17) is 12.2 Å². The van der Waals surface area contributed by atoms with Crippen LogP contribution < -0.4 is 5.32 Å². The van der Waals surface area contributed by atoms with E-state index in [1.165, 1.54) is 0 Å². The minimum absolute atomic E-state index is 0.811. The predicted octanol–water partition coefficient (Wildman–Crippen LogP) is 2.82. The Morgan fingerprint density at radius 3 is 2.53 bits per heavy atom. The number of aromatic nitrogens is 1. The number of aromatic amines is 1. The van der Waals surface area contributed by atoms with Gasteiger partial charge in [0.15, 0.2) is 3.95 Å². The summed E-state index contributed by atoms with van der Waals surface area (Å²) in [5, 5.41) is 5.31. The van der Waals surface area contributed by atoms with E-state index in [9.17, 15) is 0 Å². The third kappa shape index (κ3) is 2.16. The van der Waals surface area contributed by atoms with Gasteiger partial charge in [0.1, 0.15) is 5.84 Å². The quantitative estimate of drug-likeness (QED) is 0.816. The van der Waals surface area contributed by atoms with Crippen LogP contribution in [0.15, 0.2) is 34.6 Å². The fourth-order valence-electron chi connectivity index (χ4n) is 1.82. The van der Waals surface area contributed by atoms with Crippen molar-refractivity contribution in [1.29, 1.82) is 0 Å². The minimum atomic E-state index is 0.811. The van der Waals surface area contributed by atoms with Crippen molar-refractivity contribution in [3.05, 3.63) is 39.2 Å². The second-order valence-corrected chi connectivity index (χ2v) is 5.34. The maximum absolute atomic E-state index is 5.08. The van der Waals surface area contributed by atoms with Crippen LogP contribution in [0.1, 0.15) is 5.56 Å². The topological polar surface area (TPSA) is 40.2 Å². The molecule has 0 fully saturated rings. The van der Waals surface area contributed by atoms with Gasteiger partial charge in [-0.2, -0.15) is 0 Å². The third-order valence-electron chi connectivity index (χ3n) is 2.66. The first-order chi connectivity index (χ1) is 8.33. The summed E-state index contributed by atoms with van der Waals surface area (Å²) < 4.78 is 0.811. The lowest BCUT2D eigenvalue weighted by atomic mass is 10.1. The van der Waals surface area contributed by atoms with Gasteiger partial charge >= 0.3 is 0 Å². The summed E-state index contributed by atoms with van der Waals surface area (Å²) in [6.07, 6.45) is 0. The van der Waals surface area contributed by atoms with Gasteiger partial charge in [-0.15, -0.1) is 11.3 Å². The zero-order valence-electron chi connectivity index (χ0n) is 9.06. The first-order valence-corrected chi connectivity index (χ1v) is 6.69. The van der Waals surface area contributed by atoms with E-state index in [-0.39, 0.29) is 0 Å². The molecule has 0 spiro atoms. The molecular formula is C12H11N3S2. The van der Waals surface area contributed by atoms with E-state index < -0.39 is 0 Å². The lowest BCUT2D eigenvalue weighted by Crippen LogP contribution is -2.19. The Kier molecular flexibility index (Phi) is 2.78. The number of amidine groups is 1. The molecule has 86 valence electrons. The van der Waals surface area contributed by atoms with E-state index >= 15 is 0 Å². The van der Waals surface area contributed by atoms with Crippen molar-refractivity contribution in [3.63, 3.8) is 0 Å². The molecule has 0 amide bonds. The van der Waals surface area contributed by atoms with E-state index in [0.29, 0.717) is 0 Å². The number of hydrogen-bond acceptors (Lipinski definition) is 4. The van der Waals surface area contributed by atoms with E-state index in [2.05, 4.69) is 39.6 Å². The van der Waals surface area contributed by atoms with Gasteiger partial charge < -0.3 is 10.3 Å². The lowest BCUT2D eigenvalue weighted by molar-refractivity contribution is 0.960.